The summed E-state index contributed by atoms with van der Waals surface area (Å²) >= 11 is 0. The first-order valence-electron chi connectivity index (χ1n) is 6.59. The number of aliphatic carboxylic acids is 1. The SMILES string of the molecule is O=C1NC2CCC(OCc3ccccc3)(C(=O)[O-])N1C2.[Na+]. The number of fused-ring (bicyclic) bond motifs is 2. The van der Waals surface area contributed by atoms with Crippen LogP contribution >= 0.6 is 0 Å². The van der Waals surface area contributed by atoms with E-state index in [0.29, 0.717) is 13.0 Å². The maximum atomic E-state index is 11.8. The molecule has 1 N–H and O–H groups in total. The number of urea groups is 1. The van der Waals surface area contributed by atoms with Crippen LogP contribution in [-0.4, -0.2) is 35.2 Å². The Morgan fingerprint density at radius 2 is 2.14 bits per heavy atom. The second kappa shape index (κ2) is 6.36. The van der Waals surface area contributed by atoms with E-state index < -0.39 is 17.7 Å². The zero-order chi connectivity index (χ0) is 14.2. The molecule has 7 heteroatoms. The Kier molecular flexibility index (Phi) is 4.93. The zero-order valence-corrected chi connectivity index (χ0v) is 13.9. The van der Waals surface area contributed by atoms with Crippen LogP contribution in [0.1, 0.15) is 18.4 Å². The molecule has 2 heterocycles. The summed E-state index contributed by atoms with van der Waals surface area (Å²) in [5.74, 6) is -1.36. The number of nitrogens with one attached hydrogen (secondary N) is 1. The average Bonchev–Trinajstić information content (AvgIpc) is 2.76. The third-order valence-corrected chi connectivity index (χ3v) is 3.88. The number of carbonyl (C=O) groups excluding carboxylic acids is 2. The van der Waals surface area contributed by atoms with Gasteiger partial charge in [-0.1, -0.05) is 30.3 Å². The molecule has 3 rings (SSSR count). The van der Waals surface area contributed by atoms with Crippen molar-refractivity contribution in [3.05, 3.63) is 35.9 Å². The number of carbonyl (C=O) groups is 2. The minimum Gasteiger partial charge on any atom is -0.545 e. The summed E-state index contributed by atoms with van der Waals surface area (Å²) in [5, 5.41) is 14.3. The maximum absolute atomic E-state index is 11.8. The van der Waals surface area contributed by atoms with Gasteiger partial charge >= 0.3 is 35.6 Å². The van der Waals surface area contributed by atoms with Crippen LogP contribution < -0.4 is 40.0 Å². The molecule has 0 spiro atoms. The summed E-state index contributed by atoms with van der Waals surface area (Å²) < 4.78 is 5.62. The number of nitrogens with zero attached hydrogens (tertiary/aromatic N) is 1. The molecule has 0 radical (unpaired) electrons. The number of ether oxygens (including phenoxy) is 1. The van der Waals surface area contributed by atoms with Crippen LogP contribution in [0.3, 0.4) is 0 Å². The van der Waals surface area contributed by atoms with E-state index in [-0.39, 0.29) is 48.6 Å². The van der Waals surface area contributed by atoms with Gasteiger partial charge in [-0.05, 0) is 12.0 Å². The number of hydrogen-bond donors (Lipinski definition) is 1. The number of amides is 2. The van der Waals surface area contributed by atoms with Gasteiger partial charge in [0.25, 0.3) is 0 Å². The van der Waals surface area contributed by atoms with E-state index in [2.05, 4.69) is 5.32 Å². The summed E-state index contributed by atoms with van der Waals surface area (Å²) in [7, 11) is 0. The van der Waals surface area contributed by atoms with Crippen molar-refractivity contribution in [3.63, 3.8) is 0 Å². The first kappa shape index (κ1) is 16.3. The van der Waals surface area contributed by atoms with Gasteiger partial charge in [0.2, 0.25) is 0 Å². The van der Waals surface area contributed by atoms with Gasteiger partial charge in [0.1, 0.15) is 0 Å². The van der Waals surface area contributed by atoms with Crippen LogP contribution in [0.25, 0.3) is 0 Å². The molecule has 2 atom stereocenters. The average molecular weight is 298 g/mol. The Balaban J connectivity index is 0.00000161. The van der Waals surface area contributed by atoms with Gasteiger partial charge in [-0.25, -0.2) is 4.79 Å². The van der Waals surface area contributed by atoms with Gasteiger partial charge in [0.15, 0.2) is 5.72 Å². The van der Waals surface area contributed by atoms with E-state index in [4.69, 9.17) is 4.74 Å². The van der Waals surface area contributed by atoms with Crippen LogP contribution in [0.5, 0.6) is 0 Å². The molecule has 2 aliphatic heterocycles. The van der Waals surface area contributed by atoms with Gasteiger partial charge in [0.05, 0.1) is 12.6 Å². The van der Waals surface area contributed by atoms with Gasteiger partial charge in [-0.15, -0.1) is 0 Å². The van der Waals surface area contributed by atoms with Crippen molar-refractivity contribution < 1.29 is 49.0 Å². The Morgan fingerprint density at radius 1 is 1.43 bits per heavy atom. The molecule has 6 nitrogen and oxygen atoms in total. The number of rotatable bonds is 4. The maximum Gasteiger partial charge on any atom is 1.00 e. The summed E-state index contributed by atoms with van der Waals surface area (Å²) in [6.45, 7) is 0.477. The zero-order valence-electron chi connectivity index (χ0n) is 11.9. The van der Waals surface area contributed by atoms with Crippen molar-refractivity contribution in [2.24, 2.45) is 0 Å². The molecule has 106 valence electrons. The van der Waals surface area contributed by atoms with Crippen molar-refractivity contribution in [1.82, 2.24) is 10.2 Å². The van der Waals surface area contributed by atoms with Crippen molar-refractivity contribution in [2.75, 3.05) is 6.54 Å². The molecular weight excluding hydrogens is 283 g/mol. The van der Waals surface area contributed by atoms with E-state index in [1.54, 1.807) is 0 Å². The molecular formula is C14H15N2NaO4. The molecule has 0 aliphatic carbocycles. The summed E-state index contributed by atoms with van der Waals surface area (Å²) in [5.41, 5.74) is -0.803. The van der Waals surface area contributed by atoms with Gasteiger partial charge in [-0.2, -0.15) is 0 Å². The van der Waals surface area contributed by atoms with E-state index in [1.165, 1.54) is 4.90 Å². The second-order valence-electron chi connectivity index (χ2n) is 5.14. The molecule has 2 fully saturated rings. The number of carboxylic acids is 1. The molecule has 21 heavy (non-hydrogen) atoms. The molecule has 2 unspecified atom stereocenters. The Labute approximate surface area is 144 Å². The first-order valence-corrected chi connectivity index (χ1v) is 6.59. The molecule has 2 amide bonds. The quantitative estimate of drug-likeness (QED) is 0.595. The largest absolute Gasteiger partial charge is 1.00 e. The number of benzene rings is 1. The minimum atomic E-state index is -1.66. The summed E-state index contributed by atoms with van der Waals surface area (Å²) in [4.78, 5) is 24.6. The molecule has 2 saturated heterocycles. The normalized spacial score (nSPS) is 27.0. The van der Waals surface area contributed by atoms with E-state index in [1.807, 2.05) is 30.3 Å². The molecule has 2 aliphatic rings. The standard InChI is InChI=1S/C14H16N2O4.Na/c17-12(18)14(20-9-10-4-2-1-3-5-10)7-6-11-8-16(14)13(19)15-11;/h1-5,11H,6-9H2,(H,15,19)(H,17,18);/q;+1/p-1. The Bertz CT molecular complexity index is 539. The smallest absolute Gasteiger partial charge is 0.545 e. The van der Waals surface area contributed by atoms with Crippen LogP contribution in [0.4, 0.5) is 4.79 Å². The predicted octanol–water partition coefficient (Wildman–Crippen LogP) is -3.16. The van der Waals surface area contributed by atoms with Crippen LogP contribution in [0.2, 0.25) is 0 Å². The predicted molar refractivity (Wildman–Crippen MR) is 67.2 cm³/mol. The van der Waals surface area contributed by atoms with Crippen LogP contribution in [-0.2, 0) is 16.1 Å². The first-order chi connectivity index (χ1) is 9.62. The fraction of sp³-hybridized carbons (Fsp3) is 0.429. The van der Waals surface area contributed by atoms with E-state index >= 15 is 0 Å². The number of carboxylic acid groups (broad SMARTS) is 1. The Hall–Kier alpha value is -1.08. The Morgan fingerprint density at radius 3 is 2.81 bits per heavy atom. The molecule has 1 aromatic rings. The van der Waals surface area contributed by atoms with Crippen molar-refractivity contribution in [1.29, 1.82) is 0 Å². The summed E-state index contributed by atoms with van der Waals surface area (Å²) in [6.07, 6.45) is 0.816. The molecule has 1 aromatic carbocycles. The third kappa shape index (κ3) is 2.94. The molecule has 2 bridgehead atoms. The van der Waals surface area contributed by atoms with Crippen molar-refractivity contribution in [2.45, 2.75) is 31.2 Å². The topological polar surface area (TPSA) is 81.7 Å². The molecule has 0 saturated carbocycles. The van der Waals surface area contributed by atoms with Gasteiger partial charge in [-0.3, -0.25) is 4.90 Å². The van der Waals surface area contributed by atoms with Crippen LogP contribution in [0, 0.1) is 0 Å². The van der Waals surface area contributed by atoms with Crippen molar-refractivity contribution >= 4 is 12.0 Å². The van der Waals surface area contributed by atoms with E-state index in [0.717, 1.165) is 5.56 Å². The summed E-state index contributed by atoms with van der Waals surface area (Å²) in [6, 6.07) is 8.88. The monoisotopic (exact) mass is 298 g/mol. The van der Waals surface area contributed by atoms with Gasteiger partial charge in [0, 0.05) is 19.0 Å². The van der Waals surface area contributed by atoms with Gasteiger partial charge < -0.3 is 20.0 Å². The number of hydrogen-bond acceptors (Lipinski definition) is 4. The molecule has 0 aromatic heterocycles. The number of piperidine rings is 1. The fourth-order valence-electron chi connectivity index (χ4n) is 2.78. The van der Waals surface area contributed by atoms with Crippen LogP contribution in [0.15, 0.2) is 30.3 Å². The van der Waals surface area contributed by atoms with Crippen molar-refractivity contribution in [3.8, 4) is 0 Å². The third-order valence-electron chi connectivity index (χ3n) is 3.88. The second-order valence-corrected chi connectivity index (χ2v) is 5.14. The minimum absolute atomic E-state index is 0. The fourth-order valence-corrected chi connectivity index (χ4v) is 2.78. The van der Waals surface area contributed by atoms with E-state index in [9.17, 15) is 14.7 Å².